The van der Waals surface area contributed by atoms with Crippen molar-refractivity contribution in [1.82, 2.24) is 0 Å². The van der Waals surface area contributed by atoms with E-state index in [0.717, 1.165) is 6.42 Å². The van der Waals surface area contributed by atoms with Crippen molar-refractivity contribution in [2.75, 3.05) is 0 Å². The molecule has 24 heavy (non-hydrogen) atoms. The van der Waals surface area contributed by atoms with Crippen molar-refractivity contribution in [3.05, 3.63) is 11.8 Å². The third kappa shape index (κ3) is 9.11. The molecule has 0 amide bonds. The SMILES string of the molecule is CCCCCCCCCCCCCCC1OC1OC1=CCCCC1. The van der Waals surface area contributed by atoms with E-state index in [1.807, 2.05) is 0 Å². The Morgan fingerprint density at radius 1 is 0.875 bits per heavy atom. The fourth-order valence-corrected chi connectivity index (χ4v) is 3.69. The maximum absolute atomic E-state index is 5.91. The van der Waals surface area contributed by atoms with Crippen LogP contribution in [0, 0.1) is 0 Å². The van der Waals surface area contributed by atoms with Crippen LogP contribution in [0.1, 0.15) is 116 Å². The molecule has 2 nitrogen and oxygen atoms in total. The first-order valence-corrected chi connectivity index (χ1v) is 10.9. The Labute approximate surface area is 150 Å². The molecule has 0 saturated carbocycles. The van der Waals surface area contributed by atoms with Gasteiger partial charge in [-0.3, -0.25) is 0 Å². The Morgan fingerprint density at radius 3 is 2.08 bits per heavy atom. The smallest absolute Gasteiger partial charge is 0.226 e. The van der Waals surface area contributed by atoms with E-state index < -0.39 is 0 Å². The Morgan fingerprint density at radius 2 is 1.50 bits per heavy atom. The van der Waals surface area contributed by atoms with Crippen molar-refractivity contribution >= 4 is 0 Å². The number of hydrogen-bond acceptors (Lipinski definition) is 2. The largest absolute Gasteiger partial charge is 0.467 e. The number of unbranched alkanes of at least 4 members (excludes halogenated alkanes) is 11. The van der Waals surface area contributed by atoms with Crippen LogP contribution in [0.4, 0.5) is 0 Å². The van der Waals surface area contributed by atoms with Gasteiger partial charge < -0.3 is 9.47 Å². The molecule has 2 atom stereocenters. The lowest BCUT2D eigenvalue weighted by Gasteiger charge is -2.12. The number of allylic oxidation sites excluding steroid dienone is 2. The summed E-state index contributed by atoms with van der Waals surface area (Å²) in [6.07, 6.45) is 25.8. The Bertz CT molecular complexity index is 337. The third-order valence-corrected chi connectivity index (χ3v) is 5.39. The monoisotopic (exact) mass is 336 g/mol. The van der Waals surface area contributed by atoms with Gasteiger partial charge in [0.15, 0.2) is 0 Å². The van der Waals surface area contributed by atoms with E-state index in [0.29, 0.717) is 6.10 Å². The van der Waals surface area contributed by atoms with Crippen molar-refractivity contribution < 1.29 is 9.47 Å². The van der Waals surface area contributed by atoms with Crippen LogP contribution in [0.5, 0.6) is 0 Å². The maximum Gasteiger partial charge on any atom is 0.226 e. The fourth-order valence-electron chi connectivity index (χ4n) is 3.69. The first kappa shape index (κ1) is 19.8. The van der Waals surface area contributed by atoms with E-state index in [2.05, 4.69) is 13.0 Å². The van der Waals surface area contributed by atoms with Crippen molar-refractivity contribution in [3.63, 3.8) is 0 Å². The maximum atomic E-state index is 5.91. The van der Waals surface area contributed by atoms with Crippen LogP contribution in [-0.2, 0) is 9.47 Å². The summed E-state index contributed by atoms with van der Waals surface area (Å²) < 4.78 is 11.6. The van der Waals surface area contributed by atoms with E-state index in [-0.39, 0.29) is 6.29 Å². The Kier molecular flexibility index (Phi) is 10.6. The van der Waals surface area contributed by atoms with Gasteiger partial charge in [-0.15, -0.1) is 0 Å². The molecule has 0 N–H and O–H groups in total. The Balaban J connectivity index is 1.30. The molecule has 2 rings (SSSR count). The van der Waals surface area contributed by atoms with Gasteiger partial charge in [-0.1, -0.05) is 84.0 Å². The first-order chi connectivity index (χ1) is 11.9. The second-order valence-electron chi connectivity index (χ2n) is 7.75. The van der Waals surface area contributed by atoms with Crippen LogP contribution in [-0.4, -0.2) is 12.4 Å². The van der Waals surface area contributed by atoms with Crippen molar-refractivity contribution in [2.24, 2.45) is 0 Å². The third-order valence-electron chi connectivity index (χ3n) is 5.39. The molecule has 2 unspecified atom stereocenters. The number of ether oxygens (including phenoxy) is 2. The van der Waals surface area contributed by atoms with E-state index >= 15 is 0 Å². The lowest BCUT2D eigenvalue weighted by molar-refractivity contribution is 0.0971. The molecule has 1 fully saturated rings. The molecule has 0 aromatic heterocycles. The summed E-state index contributed by atoms with van der Waals surface area (Å²) in [6.45, 7) is 2.29. The van der Waals surface area contributed by atoms with Crippen LogP contribution in [0.15, 0.2) is 11.8 Å². The van der Waals surface area contributed by atoms with E-state index in [4.69, 9.17) is 9.47 Å². The second-order valence-corrected chi connectivity index (χ2v) is 7.75. The standard InChI is InChI=1S/C22H40O2/c1-2-3-4-5-6-7-8-9-10-11-12-16-19-21-22(24-21)23-20-17-14-13-15-18-20/h17,21-22H,2-16,18-19H2,1H3. The molecular formula is C22H40O2. The highest BCUT2D eigenvalue weighted by atomic mass is 16.8. The summed E-state index contributed by atoms with van der Waals surface area (Å²) in [5, 5.41) is 0. The minimum Gasteiger partial charge on any atom is -0.467 e. The molecule has 0 bridgehead atoms. The predicted molar refractivity (Wildman–Crippen MR) is 102 cm³/mol. The molecule has 140 valence electrons. The fraction of sp³-hybridized carbons (Fsp3) is 0.909. The molecule has 0 spiro atoms. The molecule has 2 heteroatoms. The van der Waals surface area contributed by atoms with E-state index in [1.54, 1.807) is 0 Å². The van der Waals surface area contributed by atoms with Gasteiger partial charge in [0.25, 0.3) is 0 Å². The zero-order valence-corrected chi connectivity index (χ0v) is 16.1. The summed E-state index contributed by atoms with van der Waals surface area (Å²) in [5.74, 6) is 1.18. The Hall–Kier alpha value is -0.500. The molecule has 1 heterocycles. The van der Waals surface area contributed by atoms with Crippen molar-refractivity contribution in [2.45, 2.75) is 128 Å². The summed E-state index contributed by atoms with van der Waals surface area (Å²) in [4.78, 5) is 0. The summed E-state index contributed by atoms with van der Waals surface area (Å²) in [6, 6.07) is 0. The molecule has 1 aliphatic carbocycles. The minimum atomic E-state index is 0.0852. The van der Waals surface area contributed by atoms with Gasteiger partial charge in [0, 0.05) is 6.42 Å². The molecular weight excluding hydrogens is 296 g/mol. The second kappa shape index (κ2) is 12.8. The van der Waals surface area contributed by atoms with Crippen LogP contribution >= 0.6 is 0 Å². The molecule has 1 aliphatic heterocycles. The highest BCUT2D eigenvalue weighted by Crippen LogP contribution is 2.32. The first-order valence-electron chi connectivity index (χ1n) is 10.9. The van der Waals surface area contributed by atoms with Gasteiger partial charge >= 0.3 is 0 Å². The molecule has 2 aliphatic rings. The summed E-state index contributed by atoms with van der Waals surface area (Å²) in [5.41, 5.74) is 0. The molecule has 0 aromatic rings. The number of hydrogen-bond donors (Lipinski definition) is 0. The van der Waals surface area contributed by atoms with Crippen LogP contribution in [0.2, 0.25) is 0 Å². The number of epoxide rings is 1. The highest BCUT2D eigenvalue weighted by Gasteiger charge is 2.40. The zero-order chi connectivity index (χ0) is 16.9. The lowest BCUT2D eigenvalue weighted by atomic mass is 10.0. The van der Waals surface area contributed by atoms with Crippen molar-refractivity contribution in [1.29, 1.82) is 0 Å². The van der Waals surface area contributed by atoms with Gasteiger partial charge in [-0.25, -0.2) is 0 Å². The molecule has 1 saturated heterocycles. The predicted octanol–water partition coefficient (Wildman–Crippen LogP) is 7.28. The van der Waals surface area contributed by atoms with Gasteiger partial charge in [-0.05, 0) is 31.8 Å². The molecule has 0 radical (unpaired) electrons. The van der Waals surface area contributed by atoms with Crippen LogP contribution in [0.25, 0.3) is 0 Å². The van der Waals surface area contributed by atoms with Crippen LogP contribution < -0.4 is 0 Å². The van der Waals surface area contributed by atoms with Gasteiger partial charge in [0.2, 0.25) is 6.29 Å². The topological polar surface area (TPSA) is 21.8 Å². The van der Waals surface area contributed by atoms with Gasteiger partial charge in [0.1, 0.15) is 6.10 Å². The van der Waals surface area contributed by atoms with E-state index in [1.165, 1.54) is 108 Å². The van der Waals surface area contributed by atoms with E-state index in [9.17, 15) is 0 Å². The molecule has 0 aromatic carbocycles. The normalized spacial score (nSPS) is 23.1. The number of rotatable bonds is 15. The quantitative estimate of drug-likeness (QED) is 0.231. The zero-order valence-electron chi connectivity index (χ0n) is 16.1. The van der Waals surface area contributed by atoms with Crippen molar-refractivity contribution in [3.8, 4) is 0 Å². The average molecular weight is 337 g/mol. The van der Waals surface area contributed by atoms with Gasteiger partial charge in [-0.2, -0.15) is 0 Å². The summed E-state index contributed by atoms with van der Waals surface area (Å²) >= 11 is 0. The highest BCUT2D eigenvalue weighted by molar-refractivity contribution is 4.98. The summed E-state index contributed by atoms with van der Waals surface area (Å²) in [7, 11) is 0. The van der Waals surface area contributed by atoms with Gasteiger partial charge in [0.05, 0.1) is 5.76 Å². The minimum absolute atomic E-state index is 0.0852. The lowest BCUT2D eigenvalue weighted by Crippen LogP contribution is -2.03. The average Bonchev–Trinajstić information content (AvgIpc) is 3.34. The van der Waals surface area contributed by atoms with Crippen LogP contribution in [0.3, 0.4) is 0 Å².